The van der Waals surface area contributed by atoms with Gasteiger partial charge < -0.3 is 19.5 Å². The lowest BCUT2D eigenvalue weighted by Gasteiger charge is -2.29. The van der Waals surface area contributed by atoms with Gasteiger partial charge in [0.15, 0.2) is 5.75 Å². The van der Waals surface area contributed by atoms with Crippen LogP contribution in [-0.4, -0.2) is 47.9 Å². The molecule has 1 aliphatic heterocycles. The van der Waals surface area contributed by atoms with E-state index in [1.165, 1.54) is 6.07 Å². The number of esters is 1. The van der Waals surface area contributed by atoms with Crippen LogP contribution in [0.4, 0.5) is 23.5 Å². The van der Waals surface area contributed by atoms with E-state index < -0.39 is 18.0 Å². The average Bonchev–Trinajstić information content (AvgIpc) is 3.27. The highest BCUT2D eigenvalue weighted by Crippen LogP contribution is 2.44. The molecule has 1 aromatic heterocycles. The van der Waals surface area contributed by atoms with Crippen LogP contribution in [0.25, 0.3) is 22.2 Å². The van der Waals surface area contributed by atoms with Crippen molar-refractivity contribution in [1.82, 2.24) is 14.9 Å². The number of benzene rings is 3. The van der Waals surface area contributed by atoms with Crippen LogP contribution in [0.3, 0.4) is 0 Å². The van der Waals surface area contributed by atoms with E-state index in [1.807, 2.05) is 4.90 Å². The number of anilines is 1. The van der Waals surface area contributed by atoms with Gasteiger partial charge in [-0.25, -0.2) is 14.2 Å². The number of nitrogens with one attached hydrogen (secondary N) is 1. The highest BCUT2D eigenvalue weighted by atomic mass is 35.5. The Morgan fingerprint density at radius 1 is 1.05 bits per heavy atom. The lowest BCUT2D eigenvalue weighted by molar-refractivity contribution is -0.189. The van der Waals surface area contributed by atoms with Crippen LogP contribution in [0.1, 0.15) is 16.7 Å². The Kier molecular flexibility index (Phi) is 7.26. The van der Waals surface area contributed by atoms with E-state index in [1.54, 1.807) is 60.9 Å². The molecule has 1 fully saturated rings. The molecule has 5 rings (SSSR count). The van der Waals surface area contributed by atoms with Crippen molar-refractivity contribution >= 4 is 34.6 Å². The highest BCUT2D eigenvalue weighted by molar-refractivity contribution is 6.30. The summed E-state index contributed by atoms with van der Waals surface area (Å²) in [5.74, 6) is -2.62. The SMILES string of the molecule is Cc1c(C)c(OC(=O)C(F)(F)F)c2c(nc(N3CCNCC3)n2Cc2ccc(Cl)cc2)c1-c1ccccc1F. The van der Waals surface area contributed by atoms with Gasteiger partial charge in [-0.3, -0.25) is 0 Å². The highest BCUT2D eigenvalue weighted by Gasteiger charge is 2.42. The summed E-state index contributed by atoms with van der Waals surface area (Å²) in [7, 11) is 0. The smallest absolute Gasteiger partial charge is 0.417 e. The Balaban J connectivity index is 1.85. The maximum atomic E-state index is 15.1. The lowest BCUT2D eigenvalue weighted by atomic mass is 9.94. The van der Waals surface area contributed by atoms with Crippen molar-refractivity contribution in [2.24, 2.45) is 0 Å². The number of alkyl halides is 3. The molecule has 6 nitrogen and oxygen atoms in total. The number of ether oxygens (including phenoxy) is 1. The van der Waals surface area contributed by atoms with Crippen LogP contribution in [0.5, 0.6) is 5.75 Å². The normalized spacial score (nSPS) is 14.2. The number of nitrogens with zero attached hydrogens (tertiary/aromatic N) is 3. The Labute approximate surface area is 227 Å². The summed E-state index contributed by atoms with van der Waals surface area (Å²) in [4.78, 5) is 19.0. The second kappa shape index (κ2) is 10.5. The first kappa shape index (κ1) is 27.0. The number of hydrogen-bond acceptors (Lipinski definition) is 5. The van der Waals surface area contributed by atoms with E-state index in [0.717, 1.165) is 5.56 Å². The summed E-state index contributed by atoms with van der Waals surface area (Å²) < 4.78 is 62.0. The third kappa shape index (κ3) is 5.18. The fraction of sp³-hybridized carbons (Fsp3) is 0.286. The minimum absolute atomic E-state index is 0.178. The molecule has 0 unspecified atom stereocenters. The molecule has 204 valence electrons. The van der Waals surface area contributed by atoms with E-state index in [4.69, 9.17) is 21.3 Å². The first-order valence-corrected chi connectivity index (χ1v) is 12.7. The van der Waals surface area contributed by atoms with Gasteiger partial charge in [0.1, 0.15) is 16.9 Å². The van der Waals surface area contributed by atoms with Gasteiger partial charge in [-0.05, 0) is 48.7 Å². The van der Waals surface area contributed by atoms with Crippen LogP contribution >= 0.6 is 11.6 Å². The van der Waals surface area contributed by atoms with E-state index >= 15 is 4.39 Å². The minimum atomic E-state index is -5.21. The van der Waals surface area contributed by atoms with Crippen molar-refractivity contribution in [3.8, 4) is 16.9 Å². The number of piperazine rings is 1. The van der Waals surface area contributed by atoms with Crippen molar-refractivity contribution < 1.29 is 27.1 Å². The van der Waals surface area contributed by atoms with Crippen LogP contribution in [0.2, 0.25) is 5.02 Å². The molecule has 0 amide bonds. The van der Waals surface area contributed by atoms with E-state index in [2.05, 4.69) is 5.32 Å². The molecule has 1 aliphatic rings. The van der Waals surface area contributed by atoms with Crippen molar-refractivity contribution in [2.75, 3.05) is 31.1 Å². The Morgan fingerprint density at radius 2 is 1.72 bits per heavy atom. The third-order valence-corrected chi connectivity index (χ3v) is 7.15. The van der Waals surface area contributed by atoms with E-state index in [9.17, 15) is 18.0 Å². The maximum absolute atomic E-state index is 15.1. The van der Waals surface area contributed by atoms with Gasteiger partial charge >= 0.3 is 12.1 Å². The van der Waals surface area contributed by atoms with E-state index in [-0.39, 0.29) is 34.5 Å². The quantitative estimate of drug-likeness (QED) is 0.183. The van der Waals surface area contributed by atoms with Gasteiger partial charge in [-0.2, -0.15) is 13.2 Å². The second-order valence-corrected chi connectivity index (χ2v) is 9.82. The molecule has 3 aromatic carbocycles. The fourth-order valence-electron chi connectivity index (χ4n) is 4.86. The first-order chi connectivity index (χ1) is 18.6. The molecule has 1 saturated heterocycles. The zero-order chi connectivity index (χ0) is 27.9. The summed E-state index contributed by atoms with van der Waals surface area (Å²) >= 11 is 6.07. The van der Waals surface area contributed by atoms with Crippen LogP contribution in [-0.2, 0) is 11.3 Å². The van der Waals surface area contributed by atoms with Gasteiger partial charge in [-0.15, -0.1) is 0 Å². The maximum Gasteiger partial charge on any atom is 0.491 e. The summed E-state index contributed by atoms with van der Waals surface area (Å²) in [6, 6.07) is 13.2. The molecule has 0 radical (unpaired) electrons. The number of carbonyl (C=O) groups is 1. The summed E-state index contributed by atoms with van der Waals surface area (Å²) in [5, 5.41) is 3.81. The second-order valence-electron chi connectivity index (χ2n) is 9.38. The molecule has 11 heteroatoms. The Hall–Kier alpha value is -3.63. The topological polar surface area (TPSA) is 59.4 Å². The summed E-state index contributed by atoms with van der Waals surface area (Å²) in [5.41, 5.74) is 2.64. The predicted molar refractivity (Wildman–Crippen MR) is 142 cm³/mol. The lowest BCUT2D eigenvalue weighted by Crippen LogP contribution is -2.44. The van der Waals surface area contributed by atoms with Crippen molar-refractivity contribution in [3.63, 3.8) is 0 Å². The van der Waals surface area contributed by atoms with Gasteiger partial charge in [0, 0.05) is 42.3 Å². The Morgan fingerprint density at radius 3 is 2.36 bits per heavy atom. The first-order valence-electron chi connectivity index (χ1n) is 12.3. The molecular formula is C28H25ClF4N4O2. The molecule has 1 N–H and O–H groups in total. The molecule has 0 bridgehead atoms. The summed E-state index contributed by atoms with van der Waals surface area (Å²) in [6.45, 7) is 5.95. The predicted octanol–water partition coefficient (Wildman–Crippen LogP) is 6.04. The van der Waals surface area contributed by atoms with Gasteiger partial charge in [-0.1, -0.05) is 41.9 Å². The van der Waals surface area contributed by atoms with Gasteiger partial charge in [0.2, 0.25) is 5.95 Å². The van der Waals surface area contributed by atoms with Gasteiger partial charge in [0.25, 0.3) is 0 Å². The zero-order valence-electron chi connectivity index (χ0n) is 21.2. The van der Waals surface area contributed by atoms with Gasteiger partial charge in [0.05, 0.1) is 6.54 Å². The molecule has 4 aromatic rings. The van der Waals surface area contributed by atoms with Crippen LogP contribution in [0.15, 0.2) is 48.5 Å². The number of aromatic nitrogens is 2. The van der Waals surface area contributed by atoms with Crippen LogP contribution < -0.4 is 15.0 Å². The fourth-order valence-corrected chi connectivity index (χ4v) is 4.98. The number of fused-ring (bicyclic) bond motifs is 1. The van der Waals surface area contributed by atoms with E-state index in [0.29, 0.717) is 48.3 Å². The number of imidazole rings is 1. The average molecular weight is 561 g/mol. The van der Waals surface area contributed by atoms with Crippen LogP contribution in [0, 0.1) is 19.7 Å². The summed E-state index contributed by atoms with van der Waals surface area (Å²) in [6.07, 6.45) is -5.21. The van der Waals surface area contributed by atoms with Crippen molar-refractivity contribution in [3.05, 3.63) is 76.1 Å². The molecule has 0 atom stereocenters. The molecular weight excluding hydrogens is 536 g/mol. The number of carbonyl (C=O) groups excluding carboxylic acids is 1. The number of rotatable bonds is 5. The molecule has 0 saturated carbocycles. The molecule has 39 heavy (non-hydrogen) atoms. The Bertz CT molecular complexity index is 1540. The van der Waals surface area contributed by atoms with Crippen molar-refractivity contribution in [2.45, 2.75) is 26.6 Å². The third-order valence-electron chi connectivity index (χ3n) is 6.90. The van der Waals surface area contributed by atoms with Crippen molar-refractivity contribution in [1.29, 1.82) is 0 Å². The molecule has 0 spiro atoms. The molecule has 0 aliphatic carbocycles. The molecule has 2 heterocycles. The zero-order valence-corrected chi connectivity index (χ0v) is 22.0. The number of hydrogen-bond donors (Lipinski definition) is 1. The minimum Gasteiger partial charge on any atom is -0.417 e. The monoisotopic (exact) mass is 560 g/mol. The largest absolute Gasteiger partial charge is 0.491 e. The standard InChI is InChI=1S/C28H25ClF4N4O2/c1-16-17(2)25(39-26(38)28(31,32)33)24-23(22(16)20-5-3-4-6-21(20)30)35-27(36-13-11-34-12-14-36)37(24)15-18-7-9-19(29)10-8-18/h3-10,34H,11-15H2,1-2H3. The number of halogens is 5.